The molecule has 0 spiro atoms. The van der Waals surface area contributed by atoms with Crippen LogP contribution in [-0.2, 0) is 6.42 Å². The summed E-state index contributed by atoms with van der Waals surface area (Å²) in [5, 5.41) is 27.7. The van der Waals surface area contributed by atoms with Crippen molar-refractivity contribution in [2.24, 2.45) is 0 Å². The number of aliphatic hydroxyl groups is 2. The third kappa shape index (κ3) is 3.01. The quantitative estimate of drug-likeness (QED) is 0.536. The monoisotopic (exact) mass is 274 g/mol. The molecule has 1 atom stereocenters. The number of aliphatic hydroxyl groups excluding tert-OH is 2. The van der Waals surface area contributed by atoms with Crippen LogP contribution in [0, 0.1) is 0 Å². The zero-order chi connectivity index (χ0) is 14.7. The molecule has 0 amide bonds. The second-order valence-corrected chi connectivity index (χ2v) is 4.73. The number of benzene rings is 2. The predicted octanol–water partition coefficient (Wildman–Crippen LogP) is 1.12. The largest absolute Gasteiger partial charge is 0.508 e. The molecule has 0 bridgehead atoms. The Balaban J connectivity index is 2.43. The van der Waals surface area contributed by atoms with E-state index >= 15 is 0 Å². The van der Waals surface area contributed by atoms with Crippen LogP contribution in [0.2, 0.25) is 0 Å². The standard InChI is InChI=1S/C15H18N2O3/c16-14-7-9(5-12(20)8-18)6-13(15(14)17)10-1-3-11(19)4-2-10/h1-4,6-7,12,18-20H,5,8,16-17H2. The molecule has 2 aromatic carbocycles. The van der Waals surface area contributed by atoms with Crippen molar-refractivity contribution >= 4 is 11.4 Å². The SMILES string of the molecule is Nc1cc(CC(O)CO)cc(-c2ccc(O)cc2)c1N. The molecule has 0 saturated heterocycles. The van der Waals surface area contributed by atoms with Crippen LogP contribution < -0.4 is 11.5 Å². The molecule has 0 fully saturated rings. The van der Waals surface area contributed by atoms with Crippen molar-refractivity contribution < 1.29 is 15.3 Å². The highest BCUT2D eigenvalue weighted by Crippen LogP contribution is 2.33. The lowest BCUT2D eigenvalue weighted by Crippen LogP contribution is -2.15. The van der Waals surface area contributed by atoms with E-state index < -0.39 is 6.10 Å². The maximum absolute atomic E-state index is 9.51. The second kappa shape index (κ2) is 5.81. The van der Waals surface area contributed by atoms with Gasteiger partial charge >= 0.3 is 0 Å². The smallest absolute Gasteiger partial charge is 0.115 e. The maximum Gasteiger partial charge on any atom is 0.115 e. The van der Waals surface area contributed by atoms with E-state index in [1.165, 1.54) is 0 Å². The number of hydrogen-bond donors (Lipinski definition) is 5. The molecular weight excluding hydrogens is 256 g/mol. The Labute approximate surface area is 117 Å². The molecule has 0 saturated carbocycles. The Morgan fingerprint density at radius 1 is 1.05 bits per heavy atom. The minimum atomic E-state index is -0.828. The van der Waals surface area contributed by atoms with Crippen LogP contribution >= 0.6 is 0 Å². The Bertz CT molecular complexity index is 597. The van der Waals surface area contributed by atoms with Crippen LogP contribution in [0.1, 0.15) is 5.56 Å². The van der Waals surface area contributed by atoms with Crippen molar-refractivity contribution in [1.82, 2.24) is 0 Å². The van der Waals surface area contributed by atoms with Crippen molar-refractivity contribution in [3.63, 3.8) is 0 Å². The molecule has 5 heteroatoms. The summed E-state index contributed by atoms with van der Waals surface area (Å²) in [6.07, 6.45) is -0.530. The molecule has 2 aromatic rings. The number of phenolic OH excluding ortho intramolecular Hbond substituents is 1. The second-order valence-electron chi connectivity index (χ2n) is 4.73. The molecule has 0 aliphatic rings. The maximum atomic E-state index is 9.51. The molecule has 0 aliphatic carbocycles. The van der Waals surface area contributed by atoms with Crippen LogP contribution in [0.25, 0.3) is 11.1 Å². The van der Waals surface area contributed by atoms with Crippen molar-refractivity contribution in [2.75, 3.05) is 18.1 Å². The van der Waals surface area contributed by atoms with Gasteiger partial charge in [-0.3, -0.25) is 0 Å². The Morgan fingerprint density at radius 3 is 2.30 bits per heavy atom. The van der Waals surface area contributed by atoms with Crippen LogP contribution in [-0.4, -0.2) is 28.0 Å². The van der Waals surface area contributed by atoms with Gasteiger partial charge in [-0.1, -0.05) is 12.1 Å². The fourth-order valence-electron chi connectivity index (χ4n) is 2.07. The van der Waals surface area contributed by atoms with E-state index in [1.54, 1.807) is 30.3 Å². The molecular formula is C15H18N2O3. The first-order chi connectivity index (χ1) is 9.51. The van der Waals surface area contributed by atoms with E-state index in [2.05, 4.69) is 0 Å². The first kappa shape index (κ1) is 14.2. The lowest BCUT2D eigenvalue weighted by atomic mass is 9.97. The van der Waals surface area contributed by atoms with Gasteiger partial charge in [-0.15, -0.1) is 0 Å². The summed E-state index contributed by atoms with van der Waals surface area (Å²) in [6, 6.07) is 10.1. The summed E-state index contributed by atoms with van der Waals surface area (Å²) in [5.74, 6) is 0.173. The minimum absolute atomic E-state index is 0.173. The first-order valence-corrected chi connectivity index (χ1v) is 6.27. The van der Waals surface area contributed by atoms with Crippen LogP contribution in [0.3, 0.4) is 0 Å². The highest BCUT2D eigenvalue weighted by Gasteiger charge is 2.11. The van der Waals surface area contributed by atoms with E-state index in [9.17, 15) is 10.2 Å². The molecule has 0 aromatic heterocycles. The third-order valence-electron chi connectivity index (χ3n) is 3.13. The normalized spacial score (nSPS) is 12.3. The van der Waals surface area contributed by atoms with Crippen molar-refractivity contribution in [3.05, 3.63) is 42.0 Å². The van der Waals surface area contributed by atoms with Gasteiger partial charge in [-0.2, -0.15) is 0 Å². The Hall–Kier alpha value is -2.24. The first-order valence-electron chi connectivity index (χ1n) is 6.27. The van der Waals surface area contributed by atoms with Crippen molar-refractivity contribution in [2.45, 2.75) is 12.5 Å². The molecule has 0 aliphatic heterocycles. The lowest BCUT2D eigenvalue weighted by molar-refractivity contribution is 0.0955. The number of rotatable bonds is 4. The molecule has 106 valence electrons. The van der Waals surface area contributed by atoms with Gasteiger partial charge in [0.2, 0.25) is 0 Å². The van der Waals surface area contributed by atoms with Gasteiger partial charge in [-0.25, -0.2) is 0 Å². The molecule has 0 heterocycles. The molecule has 20 heavy (non-hydrogen) atoms. The summed E-state index contributed by atoms with van der Waals surface area (Å²) in [7, 11) is 0. The fourth-order valence-corrected chi connectivity index (χ4v) is 2.07. The number of phenols is 1. The Morgan fingerprint density at radius 2 is 1.70 bits per heavy atom. The summed E-state index contributed by atoms with van der Waals surface area (Å²) >= 11 is 0. The van der Waals surface area contributed by atoms with E-state index in [4.69, 9.17) is 16.6 Å². The number of aromatic hydroxyl groups is 1. The van der Waals surface area contributed by atoms with E-state index in [0.29, 0.717) is 17.8 Å². The average molecular weight is 274 g/mol. The lowest BCUT2D eigenvalue weighted by Gasteiger charge is -2.14. The predicted molar refractivity (Wildman–Crippen MR) is 79.2 cm³/mol. The third-order valence-corrected chi connectivity index (χ3v) is 3.13. The van der Waals surface area contributed by atoms with E-state index in [1.807, 2.05) is 6.07 Å². The van der Waals surface area contributed by atoms with Crippen LogP contribution in [0.4, 0.5) is 11.4 Å². The zero-order valence-electron chi connectivity index (χ0n) is 11.0. The Kier molecular flexibility index (Phi) is 4.12. The molecule has 2 rings (SSSR count). The van der Waals surface area contributed by atoms with Gasteiger partial charge < -0.3 is 26.8 Å². The summed E-state index contributed by atoms with van der Waals surface area (Å²) in [4.78, 5) is 0. The summed E-state index contributed by atoms with van der Waals surface area (Å²) in [5.41, 5.74) is 15.1. The van der Waals surface area contributed by atoms with Gasteiger partial charge in [0.25, 0.3) is 0 Å². The zero-order valence-corrected chi connectivity index (χ0v) is 11.0. The summed E-state index contributed by atoms with van der Waals surface area (Å²) < 4.78 is 0. The number of hydrogen-bond acceptors (Lipinski definition) is 5. The van der Waals surface area contributed by atoms with Gasteiger partial charge in [0, 0.05) is 12.0 Å². The van der Waals surface area contributed by atoms with Crippen LogP contribution in [0.15, 0.2) is 36.4 Å². The average Bonchev–Trinajstić information content (AvgIpc) is 2.43. The van der Waals surface area contributed by atoms with Gasteiger partial charge in [0.05, 0.1) is 24.1 Å². The van der Waals surface area contributed by atoms with Crippen molar-refractivity contribution in [1.29, 1.82) is 0 Å². The highest BCUT2D eigenvalue weighted by molar-refractivity contribution is 5.85. The van der Waals surface area contributed by atoms with Gasteiger partial charge in [-0.05, 0) is 35.4 Å². The van der Waals surface area contributed by atoms with E-state index in [-0.39, 0.29) is 12.4 Å². The number of nitrogen functional groups attached to an aromatic ring is 2. The highest BCUT2D eigenvalue weighted by atomic mass is 16.3. The number of nitrogens with two attached hydrogens (primary N) is 2. The molecule has 7 N–H and O–H groups in total. The minimum Gasteiger partial charge on any atom is -0.508 e. The van der Waals surface area contributed by atoms with Gasteiger partial charge in [0.1, 0.15) is 5.75 Å². The molecule has 0 radical (unpaired) electrons. The van der Waals surface area contributed by atoms with E-state index in [0.717, 1.165) is 16.7 Å². The molecule has 5 nitrogen and oxygen atoms in total. The van der Waals surface area contributed by atoms with Gasteiger partial charge in [0.15, 0.2) is 0 Å². The van der Waals surface area contributed by atoms with Crippen LogP contribution in [0.5, 0.6) is 5.75 Å². The fraction of sp³-hybridized carbons (Fsp3) is 0.200. The molecule has 1 unspecified atom stereocenters. The van der Waals surface area contributed by atoms with Crippen molar-refractivity contribution in [3.8, 4) is 16.9 Å². The summed E-state index contributed by atoms with van der Waals surface area (Å²) in [6.45, 7) is -0.307. The number of anilines is 2. The topological polar surface area (TPSA) is 113 Å².